The maximum absolute atomic E-state index is 6.24. The van der Waals surface area contributed by atoms with E-state index in [1.54, 1.807) is 0 Å². The van der Waals surface area contributed by atoms with Crippen molar-refractivity contribution in [1.29, 1.82) is 0 Å². The monoisotopic (exact) mass is 373 g/mol. The van der Waals surface area contributed by atoms with Gasteiger partial charge in [-0.3, -0.25) is 0 Å². The summed E-state index contributed by atoms with van der Waals surface area (Å²) in [5.74, 6) is 0. The predicted molar refractivity (Wildman–Crippen MR) is 79.3 cm³/mol. The van der Waals surface area contributed by atoms with Crippen molar-refractivity contribution < 1.29 is 0 Å². The smallest absolute Gasteiger partial charge is 0.0563 e. The van der Waals surface area contributed by atoms with Gasteiger partial charge in [0, 0.05) is 14.0 Å². The number of hydrogen-bond donors (Lipinski definition) is 1. The van der Waals surface area contributed by atoms with Crippen LogP contribution in [0.1, 0.15) is 17.2 Å². The van der Waals surface area contributed by atoms with Crippen molar-refractivity contribution >= 4 is 43.5 Å². The Morgan fingerprint density at radius 3 is 2.29 bits per heavy atom. The van der Waals surface area contributed by atoms with E-state index in [1.165, 1.54) is 0 Å². The molecule has 17 heavy (non-hydrogen) atoms. The van der Waals surface area contributed by atoms with Crippen molar-refractivity contribution in [2.45, 2.75) is 6.04 Å². The summed E-state index contributed by atoms with van der Waals surface area (Å²) in [5.41, 5.74) is 8.32. The second kappa shape index (κ2) is 5.53. The van der Waals surface area contributed by atoms with Gasteiger partial charge in [0.05, 0.1) is 6.04 Å². The van der Waals surface area contributed by atoms with Gasteiger partial charge >= 0.3 is 0 Å². The van der Waals surface area contributed by atoms with Crippen molar-refractivity contribution in [3.8, 4) is 0 Å². The van der Waals surface area contributed by atoms with E-state index >= 15 is 0 Å². The average molecular weight is 375 g/mol. The molecule has 0 amide bonds. The highest BCUT2D eigenvalue weighted by atomic mass is 79.9. The number of halogens is 3. The zero-order valence-corrected chi connectivity index (χ0v) is 12.8. The molecular weight excluding hydrogens is 365 g/mol. The van der Waals surface area contributed by atoms with Gasteiger partial charge in [-0.1, -0.05) is 55.6 Å². The molecule has 0 saturated carbocycles. The molecule has 2 aromatic rings. The fourth-order valence-electron chi connectivity index (χ4n) is 1.60. The van der Waals surface area contributed by atoms with Crippen LogP contribution in [0, 0.1) is 0 Å². The van der Waals surface area contributed by atoms with Gasteiger partial charge in [-0.25, -0.2) is 0 Å². The molecule has 88 valence electrons. The van der Waals surface area contributed by atoms with E-state index in [4.69, 9.17) is 17.3 Å². The van der Waals surface area contributed by atoms with Crippen LogP contribution in [0.3, 0.4) is 0 Å². The van der Waals surface area contributed by atoms with Gasteiger partial charge in [0.1, 0.15) is 0 Å². The Hall–Kier alpha value is -0.350. The van der Waals surface area contributed by atoms with Crippen LogP contribution in [-0.2, 0) is 0 Å². The molecule has 1 unspecified atom stereocenters. The molecule has 2 aromatic carbocycles. The molecule has 0 aliphatic rings. The molecule has 0 aliphatic carbocycles. The number of benzene rings is 2. The third-order valence-corrected chi connectivity index (χ3v) is 3.99. The highest BCUT2D eigenvalue weighted by molar-refractivity contribution is 9.11. The molecular formula is C13H10Br2ClN. The van der Waals surface area contributed by atoms with E-state index in [1.807, 2.05) is 42.5 Å². The zero-order valence-electron chi connectivity index (χ0n) is 8.83. The van der Waals surface area contributed by atoms with Gasteiger partial charge in [0.2, 0.25) is 0 Å². The van der Waals surface area contributed by atoms with Gasteiger partial charge in [-0.2, -0.15) is 0 Å². The molecule has 0 fully saturated rings. The first-order chi connectivity index (χ1) is 8.08. The molecule has 2 rings (SSSR count). The van der Waals surface area contributed by atoms with Crippen molar-refractivity contribution in [2.24, 2.45) is 5.73 Å². The minimum atomic E-state index is -0.167. The number of hydrogen-bond acceptors (Lipinski definition) is 1. The maximum Gasteiger partial charge on any atom is 0.0563 e. The molecule has 1 nitrogen and oxygen atoms in total. The molecule has 0 heterocycles. The molecule has 0 spiro atoms. The van der Waals surface area contributed by atoms with Crippen molar-refractivity contribution in [3.05, 3.63) is 67.6 Å². The van der Waals surface area contributed by atoms with E-state index in [0.29, 0.717) is 5.02 Å². The van der Waals surface area contributed by atoms with Gasteiger partial charge in [0.15, 0.2) is 0 Å². The Labute approximate surface area is 122 Å². The van der Waals surface area contributed by atoms with E-state index in [9.17, 15) is 0 Å². The molecule has 0 bridgehead atoms. The molecule has 0 saturated heterocycles. The van der Waals surface area contributed by atoms with Gasteiger partial charge in [0.25, 0.3) is 0 Å². The topological polar surface area (TPSA) is 26.0 Å². The fraction of sp³-hybridized carbons (Fsp3) is 0.0769. The first-order valence-corrected chi connectivity index (χ1v) is 7.00. The van der Waals surface area contributed by atoms with Crippen LogP contribution in [0.4, 0.5) is 0 Å². The third-order valence-electron chi connectivity index (χ3n) is 2.52. The molecule has 0 radical (unpaired) electrons. The summed E-state index contributed by atoms with van der Waals surface area (Å²) in [7, 11) is 0. The minimum absolute atomic E-state index is 0.167. The quantitative estimate of drug-likeness (QED) is 0.793. The molecule has 4 heteroatoms. The van der Waals surface area contributed by atoms with Crippen molar-refractivity contribution in [3.63, 3.8) is 0 Å². The fourth-order valence-corrected chi connectivity index (χ4v) is 2.60. The summed E-state index contributed by atoms with van der Waals surface area (Å²) >= 11 is 12.8. The summed E-state index contributed by atoms with van der Waals surface area (Å²) in [5, 5.41) is 0.717. The van der Waals surface area contributed by atoms with Gasteiger partial charge in [-0.05, 0) is 41.5 Å². The van der Waals surface area contributed by atoms with E-state index < -0.39 is 0 Å². The summed E-state index contributed by atoms with van der Waals surface area (Å²) in [6.45, 7) is 0. The lowest BCUT2D eigenvalue weighted by Crippen LogP contribution is -2.12. The normalized spacial score (nSPS) is 12.5. The standard InChI is InChI=1S/C13H10Br2ClN/c14-9-3-6-12(15)11(7-9)13(17)8-1-4-10(16)5-2-8/h1-7,13H,17H2. The lowest BCUT2D eigenvalue weighted by atomic mass is 10.00. The zero-order chi connectivity index (χ0) is 12.4. The van der Waals surface area contributed by atoms with Crippen LogP contribution in [0.2, 0.25) is 5.02 Å². The number of rotatable bonds is 2. The Kier molecular flexibility index (Phi) is 4.26. The van der Waals surface area contributed by atoms with Gasteiger partial charge in [-0.15, -0.1) is 0 Å². The maximum atomic E-state index is 6.24. The molecule has 0 aliphatic heterocycles. The highest BCUT2D eigenvalue weighted by Gasteiger charge is 2.12. The Bertz CT molecular complexity index is 525. The summed E-state index contributed by atoms with van der Waals surface area (Å²) < 4.78 is 2.02. The Balaban J connectivity index is 2.39. The minimum Gasteiger partial charge on any atom is -0.320 e. The van der Waals surface area contributed by atoms with E-state index in [0.717, 1.165) is 20.1 Å². The van der Waals surface area contributed by atoms with Crippen LogP contribution in [0.15, 0.2) is 51.4 Å². The lowest BCUT2D eigenvalue weighted by molar-refractivity contribution is 0.865. The summed E-state index contributed by atoms with van der Waals surface area (Å²) in [6.07, 6.45) is 0. The van der Waals surface area contributed by atoms with Crippen LogP contribution in [0.5, 0.6) is 0 Å². The molecule has 2 N–H and O–H groups in total. The summed E-state index contributed by atoms with van der Waals surface area (Å²) in [4.78, 5) is 0. The Morgan fingerprint density at radius 2 is 1.65 bits per heavy atom. The summed E-state index contributed by atoms with van der Waals surface area (Å²) in [6, 6.07) is 13.4. The third kappa shape index (κ3) is 3.10. The van der Waals surface area contributed by atoms with Crippen LogP contribution in [0.25, 0.3) is 0 Å². The number of nitrogens with two attached hydrogens (primary N) is 1. The van der Waals surface area contributed by atoms with Gasteiger partial charge < -0.3 is 5.73 Å². The van der Waals surface area contributed by atoms with Crippen LogP contribution >= 0.6 is 43.5 Å². The second-order valence-electron chi connectivity index (χ2n) is 3.70. The van der Waals surface area contributed by atoms with Crippen molar-refractivity contribution in [2.75, 3.05) is 0 Å². The highest BCUT2D eigenvalue weighted by Crippen LogP contribution is 2.29. The average Bonchev–Trinajstić information content (AvgIpc) is 2.32. The lowest BCUT2D eigenvalue weighted by Gasteiger charge is -2.15. The molecule has 0 aromatic heterocycles. The van der Waals surface area contributed by atoms with Crippen molar-refractivity contribution in [1.82, 2.24) is 0 Å². The van der Waals surface area contributed by atoms with Crippen LogP contribution in [-0.4, -0.2) is 0 Å². The molecule has 1 atom stereocenters. The van der Waals surface area contributed by atoms with Crippen LogP contribution < -0.4 is 5.73 Å². The van der Waals surface area contributed by atoms with E-state index in [-0.39, 0.29) is 6.04 Å². The Morgan fingerprint density at radius 1 is 1.00 bits per heavy atom. The van der Waals surface area contributed by atoms with E-state index in [2.05, 4.69) is 31.9 Å². The first kappa shape index (κ1) is 13.1. The largest absolute Gasteiger partial charge is 0.320 e. The predicted octanol–water partition coefficient (Wildman–Crippen LogP) is 4.91. The first-order valence-electron chi connectivity index (χ1n) is 5.04. The second-order valence-corrected chi connectivity index (χ2v) is 5.90. The SMILES string of the molecule is NC(c1ccc(Cl)cc1)c1cc(Br)ccc1Br.